The number of methoxy groups -OCH3 is 2. The van der Waals surface area contributed by atoms with Crippen molar-refractivity contribution in [2.75, 3.05) is 69.4 Å². The normalized spacial score (nSPS) is 12.2. The molecule has 123 heavy (non-hydrogen) atoms. The molecule has 49 heteroatoms. The fraction of sp³-hybridized carbons (Fsp3) is 0.338. The highest BCUT2D eigenvalue weighted by Crippen LogP contribution is 2.33. The Kier molecular flexibility index (Phi) is 37.3. The van der Waals surface area contributed by atoms with Crippen molar-refractivity contribution < 1.29 is 82.2 Å². The van der Waals surface area contributed by atoms with Gasteiger partial charge in [0.05, 0.1) is 94.7 Å². The molecule has 5 aromatic heterocycles. The molecule has 0 saturated carbocycles. The van der Waals surface area contributed by atoms with Gasteiger partial charge in [0.25, 0.3) is 40.1 Å². The van der Waals surface area contributed by atoms with E-state index in [0.717, 1.165) is 34.9 Å². The van der Waals surface area contributed by atoms with Gasteiger partial charge in [0, 0.05) is 159 Å². The number of nitro groups is 6. The number of imidazole rings is 5. The second-order valence-corrected chi connectivity index (χ2v) is 48.0. The molecule has 1 amide bonds. The van der Waals surface area contributed by atoms with Gasteiger partial charge in [-0.3, -0.25) is 88.3 Å². The molecule has 7 N–H and O–H groups in total. The minimum Gasteiger partial charge on any atom is -0.467 e. The van der Waals surface area contributed by atoms with Gasteiger partial charge in [-0.1, -0.05) is 70.5 Å². The Morgan fingerprint density at radius 2 is 0.919 bits per heavy atom. The van der Waals surface area contributed by atoms with Crippen LogP contribution < -0.4 is 26.8 Å². The molecule has 658 valence electrons. The van der Waals surface area contributed by atoms with Crippen LogP contribution in [0.25, 0.3) is 33.1 Å². The van der Waals surface area contributed by atoms with Crippen LogP contribution in [0.1, 0.15) is 11.1 Å². The van der Waals surface area contributed by atoms with E-state index in [2.05, 4.69) is 104 Å². The zero-order chi connectivity index (χ0) is 91.2. The quantitative estimate of drug-likeness (QED) is 0.00518. The van der Waals surface area contributed by atoms with Gasteiger partial charge in [-0.2, -0.15) is 4.98 Å². The zero-order valence-corrected chi connectivity index (χ0v) is 73.8. The maximum absolute atomic E-state index is 11.4. The maximum atomic E-state index is 11.4. The summed E-state index contributed by atoms with van der Waals surface area (Å²) >= 11 is 18.0. The first-order chi connectivity index (χ1) is 57.9. The van der Waals surface area contributed by atoms with Gasteiger partial charge < -0.3 is 55.6 Å². The molecule has 13 rings (SSSR count). The van der Waals surface area contributed by atoms with E-state index in [-0.39, 0.29) is 100 Å². The number of aliphatic hydroxyl groups is 1. The summed E-state index contributed by atoms with van der Waals surface area (Å²) in [5.74, 6) is -1.26. The number of anilines is 4. The van der Waals surface area contributed by atoms with E-state index < -0.39 is 72.3 Å². The van der Waals surface area contributed by atoms with E-state index in [9.17, 15) is 79.9 Å². The standard InChI is InChI=1S/C16H23N3O6Si.2C13H18ClN3O3Si.C8H7ClN2O2.C8H6N2O3.C7H6N4O.C6H7N3O2.C3H6O3/c1-23-15(20)10-25-16-17-13-6-5-12(19(21)22)9-14(13)18(16)11-24-7-8-26(2,3)4;1-21(2,3)7-6-20-9-16-12-5-4-10(17(18)19)8-11(12)15-13(16)14;1-21(2,3)7-6-20-9-16-12-8-10(17(18)19)4-5-11(12)15-13(16)14;9-8-4-5-3-6(11(12)13)1-2-7(5)10-8;11-8-4-5-3-6(10(12)13)1-2-7(5)9-8;12-7(10-3-1-8-5-10)11-4-2-9-6-11;7-5-2-1-4(9(10)11)3-6(5)8;1-6-3(5)2-4/h5-6,9H,7-8,10-11H2,1-4H3;2*4-5,8H,6-7,9H2,1-3H3;1-3,8,10H,4H2;1-3H,4H2,(H,9,11);1-6H;1-3H,7-8H2;4H,2H2,1H3. The molecule has 2 aliphatic rings. The van der Waals surface area contributed by atoms with Crippen molar-refractivity contribution in [2.24, 2.45) is 0 Å². The third kappa shape index (κ3) is 31.9. The number of benzene rings is 6. The number of esters is 2. The minimum atomic E-state index is -1.24. The van der Waals surface area contributed by atoms with Crippen molar-refractivity contribution in [3.63, 3.8) is 0 Å². The Hall–Kier alpha value is -12.8. The lowest BCUT2D eigenvalue weighted by Crippen LogP contribution is -2.22. The van der Waals surface area contributed by atoms with Crippen LogP contribution in [0, 0.1) is 60.7 Å². The number of nitrogens with one attached hydrogen (secondary N) is 2. The maximum Gasteiger partial charge on any atom is 0.344 e. The molecule has 7 heterocycles. The van der Waals surface area contributed by atoms with Crippen LogP contribution in [0.3, 0.4) is 0 Å². The molecule has 0 fully saturated rings. The smallest absolute Gasteiger partial charge is 0.344 e. The number of carbonyl (C=O) groups is 4. The Labute approximate surface area is 719 Å². The number of non-ortho nitro benzene ring substituents is 6. The molecule has 0 bridgehead atoms. The van der Waals surface area contributed by atoms with Gasteiger partial charge in [0.1, 0.15) is 45.0 Å². The molecule has 0 spiro atoms. The van der Waals surface area contributed by atoms with Crippen LogP contribution in [-0.2, 0) is 71.1 Å². The third-order valence-electron chi connectivity index (χ3n) is 16.9. The van der Waals surface area contributed by atoms with Crippen LogP contribution in [0.4, 0.5) is 61.7 Å². The first-order valence-electron chi connectivity index (χ1n) is 36.8. The molecule has 2 aliphatic heterocycles. The lowest BCUT2D eigenvalue weighted by Gasteiger charge is -2.16. The molecule has 11 aromatic rings. The number of fused-ring (bicyclic) bond motifs is 5. The predicted molar refractivity (Wildman–Crippen MR) is 466 cm³/mol. The third-order valence-corrected chi connectivity index (χ3v) is 22.9. The van der Waals surface area contributed by atoms with Crippen LogP contribution in [-0.4, -0.2) is 183 Å². The summed E-state index contributed by atoms with van der Waals surface area (Å²) < 4.78 is 38.7. The number of nitrogens with zero attached hydrogens (tertiary/aromatic N) is 16. The summed E-state index contributed by atoms with van der Waals surface area (Å²) in [6, 6.07) is 29.4. The predicted octanol–water partition coefficient (Wildman–Crippen LogP) is 14.4. The van der Waals surface area contributed by atoms with Crippen LogP contribution in [0.2, 0.25) is 87.6 Å². The number of carbonyl (C=O) groups excluding carboxylic acids is 4. The molecule has 6 aromatic carbocycles. The zero-order valence-electron chi connectivity index (χ0n) is 68.5. The number of aliphatic hydroxyl groups excluding tert-OH is 1. The summed E-state index contributed by atoms with van der Waals surface area (Å²) in [6.45, 7) is 22.2. The van der Waals surface area contributed by atoms with Crippen LogP contribution in [0.5, 0.6) is 6.01 Å². The first kappa shape index (κ1) is 99.0. The number of nitro benzene ring substituents is 6. The first-order valence-corrected chi connectivity index (χ1v) is 49.1. The highest BCUT2D eigenvalue weighted by Gasteiger charge is 2.25. The number of alkyl halides is 1. The number of nitrogen functional groups attached to an aromatic ring is 2. The molecule has 0 aliphatic carbocycles. The summed E-state index contributed by atoms with van der Waals surface area (Å²) in [5, 5.41) is 77.7. The van der Waals surface area contributed by atoms with Gasteiger partial charge in [-0.05, 0) is 88.9 Å². The van der Waals surface area contributed by atoms with Crippen LogP contribution >= 0.6 is 34.8 Å². The summed E-state index contributed by atoms with van der Waals surface area (Å²) in [5.41, 5.74) is 17.9. The average Bonchev–Trinajstić information content (AvgIpc) is 1.65. The Morgan fingerprint density at radius 1 is 0.512 bits per heavy atom. The Morgan fingerprint density at radius 3 is 1.37 bits per heavy atom. The van der Waals surface area contributed by atoms with Crippen molar-refractivity contribution in [2.45, 2.75) is 116 Å². The number of aromatic nitrogens is 10. The number of ether oxygens (including phenoxy) is 6. The second-order valence-electron chi connectivity index (χ2n) is 29.9. The van der Waals surface area contributed by atoms with Crippen LogP contribution in [0.15, 0.2) is 147 Å². The summed E-state index contributed by atoms with van der Waals surface area (Å²) in [6.07, 6.45) is 10.0. The van der Waals surface area contributed by atoms with E-state index >= 15 is 0 Å². The minimum absolute atomic E-state index is 0.00321. The molecule has 43 nitrogen and oxygen atoms in total. The van der Waals surface area contributed by atoms with Crippen molar-refractivity contribution in [1.82, 2.24) is 47.8 Å². The lowest BCUT2D eigenvalue weighted by atomic mass is 10.1. The fourth-order valence-electron chi connectivity index (χ4n) is 10.2. The van der Waals surface area contributed by atoms with Gasteiger partial charge >= 0.3 is 18.0 Å². The molecular weight excluding hydrogens is 1730 g/mol. The second kappa shape index (κ2) is 46.3. The fourth-order valence-corrected chi connectivity index (χ4v) is 13.2. The number of nitrogens with two attached hydrogens (primary N) is 2. The molecule has 0 radical (unpaired) electrons. The van der Waals surface area contributed by atoms with Gasteiger partial charge in [-0.15, -0.1) is 0 Å². The molecule has 0 saturated heterocycles. The van der Waals surface area contributed by atoms with E-state index in [1.807, 2.05) is 0 Å². The Balaban J connectivity index is 0.000000224. The number of halogens is 3. The number of hydrogen-bond acceptors (Lipinski definition) is 31. The van der Waals surface area contributed by atoms with E-state index in [1.165, 1.54) is 115 Å². The Bertz CT molecular complexity index is 5490. The number of hydrogen-bond donors (Lipinski definition) is 5. The van der Waals surface area contributed by atoms with E-state index in [4.69, 9.17) is 70.3 Å². The summed E-state index contributed by atoms with van der Waals surface area (Å²) in [4.78, 5) is 124. The summed E-state index contributed by atoms with van der Waals surface area (Å²) in [7, 11) is -1.02. The van der Waals surface area contributed by atoms with Crippen molar-refractivity contribution in [3.8, 4) is 6.01 Å². The lowest BCUT2D eigenvalue weighted by molar-refractivity contribution is -0.385. The number of rotatable bonds is 25. The number of amides is 1. The average molecular weight is 1820 g/mol. The van der Waals surface area contributed by atoms with Crippen molar-refractivity contribution in [3.05, 3.63) is 229 Å². The molecule has 1 atom stereocenters. The highest BCUT2D eigenvalue weighted by molar-refractivity contribution is 6.76. The van der Waals surface area contributed by atoms with Gasteiger partial charge in [0.15, 0.2) is 6.61 Å². The topological polar surface area (TPSA) is 568 Å². The highest BCUT2D eigenvalue weighted by atomic mass is 35.5. The van der Waals surface area contributed by atoms with Crippen molar-refractivity contribution in [1.29, 1.82) is 0 Å². The molecule has 1 unspecified atom stereocenters. The SMILES string of the molecule is COC(=O)CO.COC(=O)COc1nc2ccc([N+](=O)[O-])cc2n1COCC[Si](C)(C)C.C[Si](C)(C)CCOCn1c(Cl)nc2cc([N+](=O)[O-])ccc21.C[Si](C)(C)CCOCn1c(Cl)nc2ccc([N+](=O)[O-])cc21.Nc1ccc([N+](=O)[O-])cc1N.O=C(n1ccnc1)n1ccnc1.O=C1Cc2cc([N+](=O)[O-])ccc2N1.O=[N+]([O-])c1ccc2c(c1)CC(Cl)N2. The van der Waals surface area contributed by atoms with Crippen molar-refractivity contribution >= 4 is 173 Å². The molecular formula is C74H91Cl3N20O23Si3. The van der Waals surface area contributed by atoms with E-state index in [1.54, 1.807) is 68.8 Å². The van der Waals surface area contributed by atoms with Gasteiger partial charge in [-0.25, -0.2) is 34.3 Å². The largest absolute Gasteiger partial charge is 0.467 e. The van der Waals surface area contributed by atoms with Gasteiger partial charge in [0.2, 0.25) is 16.5 Å². The monoisotopic (exact) mass is 1820 g/mol. The van der Waals surface area contributed by atoms with E-state index in [0.29, 0.717) is 77.5 Å².